The van der Waals surface area contributed by atoms with Crippen molar-refractivity contribution in [2.45, 2.75) is 38.9 Å². The molecule has 1 aromatic carbocycles. The maximum absolute atomic E-state index is 14.4. The quantitative estimate of drug-likeness (QED) is 0.522. The van der Waals surface area contributed by atoms with E-state index in [-0.39, 0.29) is 35.9 Å². The van der Waals surface area contributed by atoms with Crippen molar-refractivity contribution in [3.8, 4) is 11.4 Å². The van der Waals surface area contributed by atoms with Gasteiger partial charge in [-0.3, -0.25) is 4.79 Å². The first-order valence-electron chi connectivity index (χ1n) is 11.2. The predicted octanol–water partition coefficient (Wildman–Crippen LogP) is 4.75. The van der Waals surface area contributed by atoms with Gasteiger partial charge in [0.05, 0.1) is 17.2 Å². The molecule has 184 valence electrons. The highest BCUT2D eigenvalue weighted by molar-refractivity contribution is 6.01. The summed E-state index contributed by atoms with van der Waals surface area (Å²) in [5, 5.41) is 2.95. The van der Waals surface area contributed by atoms with E-state index in [4.69, 9.17) is 0 Å². The lowest BCUT2D eigenvalue weighted by molar-refractivity contribution is -0.138. The summed E-state index contributed by atoms with van der Waals surface area (Å²) >= 11 is 0. The molecule has 3 heterocycles. The number of aryl methyl sites for hydroxylation is 1. The number of hydrogen-bond acceptors (Lipinski definition) is 6. The second-order valence-corrected chi connectivity index (χ2v) is 8.58. The lowest BCUT2D eigenvalue weighted by Gasteiger charge is -2.40. The van der Waals surface area contributed by atoms with E-state index in [0.717, 1.165) is 12.8 Å². The molecule has 2 atom stereocenters. The first kappa shape index (κ1) is 24.5. The SMILES string of the molecule is Cc1cc(F)cc(C(=O)N2CCC[C@@H](C)[C@H]2CNc2ncc(C(F)(F)F)cn2)c1-c1ncccn1. The van der Waals surface area contributed by atoms with Crippen molar-refractivity contribution in [3.05, 3.63) is 65.5 Å². The van der Waals surface area contributed by atoms with Crippen LogP contribution in [0.25, 0.3) is 11.4 Å². The minimum Gasteiger partial charge on any atom is -0.352 e. The van der Waals surface area contributed by atoms with Crippen LogP contribution in [0.5, 0.6) is 0 Å². The van der Waals surface area contributed by atoms with Gasteiger partial charge in [0.1, 0.15) is 5.82 Å². The highest BCUT2D eigenvalue weighted by Gasteiger charge is 2.35. The summed E-state index contributed by atoms with van der Waals surface area (Å²) in [7, 11) is 0. The molecule has 3 aromatic rings. The molecule has 0 spiro atoms. The van der Waals surface area contributed by atoms with Gasteiger partial charge in [0.2, 0.25) is 5.95 Å². The molecule has 7 nitrogen and oxygen atoms in total. The molecule has 0 bridgehead atoms. The molecule has 1 aliphatic heterocycles. The first-order chi connectivity index (χ1) is 16.6. The number of carbonyl (C=O) groups excluding carboxylic acids is 1. The van der Waals surface area contributed by atoms with Crippen LogP contribution in [0, 0.1) is 18.7 Å². The van der Waals surface area contributed by atoms with Gasteiger partial charge in [0.15, 0.2) is 5.82 Å². The number of anilines is 1. The highest BCUT2D eigenvalue weighted by Crippen LogP contribution is 2.31. The van der Waals surface area contributed by atoms with Gasteiger partial charge >= 0.3 is 6.18 Å². The normalized spacial score (nSPS) is 18.4. The minimum absolute atomic E-state index is 0.0307. The van der Waals surface area contributed by atoms with E-state index in [0.29, 0.717) is 35.9 Å². The van der Waals surface area contributed by atoms with Crippen molar-refractivity contribution in [1.29, 1.82) is 0 Å². The Kier molecular flexibility index (Phi) is 6.95. The molecular formula is C24H24F4N6O. The standard InChI is InChI=1S/C24H24F4N6O/c1-14-5-3-8-34(19(14)13-33-23-31-11-16(12-32-23)24(26,27)28)22(35)18-10-17(25)9-15(2)20(18)21-29-6-4-7-30-21/h4,6-7,9-12,14,19H,3,5,8,13H2,1-2H3,(H,31,32,33)/t14-,19-/m1/s1. The van der Waals surface area contributed by atoms with Gasteiger partial charge < -0.3 is 10.2 Å². The van der Waals surface area contributed by atoms with Crippen LogP contribution >= 0.6 is 0 Å². The molecule has 1 fully saturated rings. The molecular weight excluding hydrogens is 464 g/mol. The number of halogens is 4. The summed E-state index contributed by atoms with van der Waals surface area (Å²) in [5.74, 6) is -0.458. The van der Waals surface area contributed by atoms with E-state index in [1.807, 2.05) is 6.92 Å². The van der Waals surface area contributed by atoms with Crippen molar-refractivity contribution < 1.29 is 22.4 Å². The summed E-state index contributed by atoms with van der Waals surface area (Å²) in [5.41, 5.74) is 0.229. The van der Waals surface area contributed by atoms with Crippen molar-refractivity contribution in [1.82, 2.24) is 24.8 Å². The fraction of sp³-hybridized carbons (Fsp3) is 0.375. The Bertz CT molecular complexity index is 1190. The third kappa shape index (κ3) is 5.39. The van der Waals surface area contributed by atoms with Crippen LogP contribution in [-0.4, -0.2) is 49.9 Å². The molecule has 35 heavy (non-hydrogen) atoms. The van der Waals surface area contributed by atoms with Crippen molar-refractivity contribution in [2.75, 3.05) is 18.4 Å². The van der Waals surface area contributed by atoms with Gasteiger partial charge in [-0.2, -0.15) is 13.2 Å². The van der Waals surface area contributed by atoms with Gasteiger partial charge in [-0.1, -0.05) is 6.92 Å². The van der Waals surface area contributed by atoms with E-state index in [1.165, 1.54) is 12.1 Å². The monoisotopic (exact) mass is 488 g/mol. The van der Waals surface area contributed by atoms with Crippen LogP contribution in [0.2, 0.25) is 0 Å². The smallest absolute Gasteiger partial charge is 0.352 e. The number of carbonyl (C=O) groups is 1. The summed E-state index contributed by atoms with van der Waals surface area (Å²) in [6.45, 7) is 4.38. The molecule has 1 saturated heterocycles. The number of piperidine rings is 1. The van der Waals surface area contributed by atoms with E-state index in [9.17, 15) is 22.4 Å². The van der Waals surface area contributed by atoms with Gasteiger partial charge in [-0.15, -0.1) is 0 Å². The van der Waals surface area contributed by atoms with Crippen LogP contribution in [0.1, 0.15) is 41.3 Å². The Morgan fingerprint density at radius 3 is 2.49 bits per heavy atom. The lowest BCUT2D eigenvalue weighted by Crippen LogP contribution is -2.51. The Balaban J connectivity index is 1.60. The molecule has 1 N–H and O–H groups in total. The predicted molar refractivity (Wildman–Crippen MR) is 121 cm³/mol. The molecule has 4 rings (SSSR count). The van der Waals surface area contributed by atoms with Crippen molar-refractivity contribution >= 4 is 11.9 Å². The van der Waals surface area contributed by atoms with Crippen LogP contribution in [-0.2, 0) is 6.18 Å². The number of rotatable bonds is 5. The van der Waals surface area contributed by atoms with Crippen molar-refractivity contribution in [3.63, 3.8) is 0 Å². The number of amides is 1. The molecule has 0 unspecified atom stereocenters. The number of benzene rings is 1. The Hall–Kier alpha value is -3.63. The first-order valence-corrected chi connectivity index (χ1v) is 11.2. The molecule has 0 aliphatic carbocycles. The number of alkyl halides is 3. The second-order valence-electron chi connectivity index (χ2n) is 8.58. The maximum Gasteiger partial charge on any atom is 0.419 e. The third-order valence-corrected chi connectivity index (χ3v) is 6.15. The molecule has 1 aliphatic rings. The zero-order valence-electron chi connectivity index (χ0n) is 19.2. The van der Waals surface area contributed by atoms with Crippen LogP contribution in [0.15, 0.2) is 43.0 Å². The third-order valence-electron chi connectivity index (χ3n) is 6.15. The number of aromatic nitrogens is 4. The molecule has 11 heteroatoms. The fourth-order valence-corrected chi connectivity index (χ4v) is 4.37. The summed E-state index contributed by atoms with van der Waals surface area (Å²) < 4.78 is 52.7. The minimum atomic E-state index is -4.52. The Morgan fingerprint density at radius 1 is 1.14 bits per heavy atom. The molecule has 0 radical (unpaired) electrons. The zero-order chi connectivity index (χ0) is 25.2. The van der Waals surface area contributed by atoms with E-state index in [2.05, 4.69) is 25.3 Å². The van der Waals surface area contributed by atoms with Gasteiger partial charge in [0.25, 0.3) is 5.91 Å². The average molecular weight is 488 g/mol. The van der Waals surface area contributed by atoms with E-state index in [1.54, 1.807) is 30.3 Å². The highest BCUT2D eigenvalue weighted by atomic mass is 19.4. The molecule has 1 amide bonds. The maximum atomic E-state index is 14.4. The van der Waals surface area contributed by atoms with Gasteiger partial charge in [0, 0.05) is 43.4 Å². The van der Waals surface area contributed by atoms with Crippen molar-refractivity contribution in [2.24, 2.45) is 5.92 Å². The van der Waals surface area contributed by atoms with Crippen LogP contribution in [0.3, 0.4) is 0 Å². The number of hydrogen-bond donors (Lipinski definition) is 1. The summed E-state index contributed by atoms with van der Waals surface area (Å²) in [4.78, 5) is 31.4. The second kappa shape index (κ2) is 9.93. The Morgan fingerprint density at radius 2 is 1.83 bits per heavy atom. The number of likely N-dealkylation sites (tertiary alicyclic amines) is 1. The van der Waals surface area contributed by atoms with Gasteiger partial charge in [-0.05, 0) is 49.4 Å². The number of nitrogens with zero attached hydrogens (tertiary/aromatic N) is 5. The van der Waals surface area contributed by atoms with E-state index < -0.39 is 17.6 Å². The van der Waals surface area contributed by atoms with Crippen LogP contribution < -0.4 is 5.32 Å². The lowest BCUT2D eigenvalue weighted by atomic mass is 9.89. The average Bonchev–Trinajstić information content (AvgIpc) is 2.82. The Labute approximate surface area is 199 Å². The fourth-order valence-electron chi connectivity index (χ4n) is 4.37. The van der Waals surface area contributed by atoms with Crippen LogP contribution in [0.4, 0.5) is 23.5 Å². The zero-order valence-corrected chi connectivity index (χ0v) is 19.2. The molecule has 0 saturated carbocycles. The van der Waals surface area contributed by atoms with Gasteiger partial charge in [-0.25, -0.2) is 24.3 Å². The summed E-state index contributed by atoms with van der Waals surface area (Å²) in [6, 6.07) is 3.88. The molecule has 2 aromatic heterocycles. The largest absolute Gasteiger partial charge is 0.419 e. The van der Waals surface area contributed by atoms with E-state index >= 15 is 0 Å². The number of nitrogens with one attached hydrogen (secondary N) is 1. The topological polar surface area (TPSA) is 83.9 Å². The summed E-state index contributed by atoms with van der Waals surface area (Å²) in [6.07, 6.45) is 1.64.